The number of benzene rings is 5. The standard InChI is InChI=1S/C49H46N8O6S2/c58-48(52-33-37-9-7-29-50-31-37)56(42-21-25-44(26-22-42)64(60,61)54-35-36-17-19-40(20-18-36)39-11-2-1-3-12-39)57(49(59)53-34-38-10-8-30-51-32-38)43-23-27-45(28-24-43)65(62,63)55-47-16-6-14-41-13-4-5-15-46(41)47/h1-3,6-12,14,16-32,54-55H,4-5,13,15,33-35H2,(H,52,58)(H,53,59). The molecule has 8 rings (SSSR count). The smallest absolute Gasteiger partial charge is 0.332 e. The van der Waals surface area contributed by atoms with Crippen molar-refractivity contribution >= 4 is 49.2 Å². The fourth-order valence-electron chi connectivity index (χ4n) is 7.48. The third kappa shape index (κ3) is 10.9. The lowest BCUT2D eigenvalue weighted by Gasteiger charge is -2.35. The van der Waals surface area contributed by atoms with Crippen molar-refractivity contribution < 1.29 is 26.4 Å². The Morgan fingerprint density at radius 3 is 1.60 bits per heavy atom. The van der Waals surface area contributed by atoms with Crippen LogP contribution in [0.3, 0.4) is 0 Å². The second-order valence-electron chi connectivity index (χ2n) is 15.3. The second kappa shape index (κ2) is 20.0. The first-order chi connectivity index (χ1) is 31.5. The topological polar surface area (TPSA) is 183 Å². The highest BCUT2D eigenvalue weighted by molar-refractivity contribution is 7.92. The molecule has 0 spiro atoms. The molecule has 2 aromatic heterocycles. The van der Waals surface area contributed by atoms with E-state index in [1.165, 1.54) is 48.5 Å². The first-order valence-corrected chi connectivity index (χ1v) is 23.9. The summed E-state index contributed by atoms with van der Waals surface area (Å²) in [5.41, 5.74) is 7.02. The van der Waals surface area contributed by atoms with Crippen LogP contribution in [-0.4, -0.2) is 38.9 Å². The molecule has 0 radical (unpaired) electrons. The van der Waals surface area contributed by atoms with Gasteiger partial charge in [0.15, 0.2) is 0 Å². The Balaban J connectivity index is 1.09. The molecule has 14 nitrogen and oxygen atoms in total. The van der Waals surface area contributed by atoms with Crippen LogP contribution in [0.25, 0.3) is 11.1 Å². The van der Waals surface area contributed by atoms with Crippen molar-refractivity contribution in [3.63, 3.8) is 0 Å². The minimum atomic E-state index is -4.08. The number of amides is 4. The van der Waals surface area contributed by atoms with Crippen molar-refractivity contribution in [3.8, 4) is 11.1 Å². The first kappa shape index (κ1) is 44.2. The Morgan fingerprint density at radius 1 is 0.508 bits per heavy atom. The lowest BCUT2D eigenvalue weighted by molar-refractivity contribution is 0.236. The van der Waals surface area contributed by atoms with Crippen LogP contribution in [0.15, 0.2) is 180 Å². The Kier molecular flexibility index (Phi) is 13.6. The van der Waals surface area contributed by atoms with Gasteiger partial charge in [-0.2, -0.15) is 10.0 Å². The van der Waals surface area contributed by atoms with Crippen LogP contribution >= 0.6 is 0 Å². The molecule has 0 saturated heterocycles. The number of pyridine rings is 2. The molecule has 0 atom stereocenters. The maximum atomic E-state index is 14.4. The first-order valence-electron chi connectivity index (χ1n) is 21.0. The summed E-state index contributed by atoms with van der Waals surface area (Å²) >= 11 is 0. The lowest BCUT2D eigenvalue weighted by atomic mass is 9.91. The Bertz CT molecular complexity index is 2960. The van der Waals surface area contributed by atoms with E-state index in [2.05, 4.69) is 30.0 Å². The largest absolute Gasteiger partial charge is 0.341 e. The highest BCUT2D eigenvalue weighted by atomic mass is 32.2. The number of nitrogens with zero attached hydrogens (tertiary/aromatic N) is 4. The SMILES string of the molecule is O=C(NCc1cccnc1)N(c1ccc(S(=O)(=O)NCc2ccc(-c3ccccc3)cc2)cc1)N(C(=O)NCc1cccnc1)c1ccc(S(=O)(=O)Nc2cccc3c2CCCC3)cc1. The molecule has 7 aromatic rings. The predicted molar refractivity (Wildman–Crippen MR) is 251 cm³/mol. The van der Waals surface area contributed by atoms with Gasteiger partial charge in [0.1, 0.15) is 0 Å². The molecule has 0 bridgehead atoms. The van der Waals surface area contributed by atoms with Crippen molar-refractivity contribution in [2.24, 2.45) is 0 Å². The van der Waals surface area contributed by atoms with Gasteiger partial charge in [0.2, 0.25) is 10.0 Å². The van der Waals surface area contributed by atoms with E-state index in [1.807, 2.05) is 66.7 Å². The van der Waals surface area contributed by atoms with Gasteiger partial charge in [0.25, 0.3) is 10.0 Å². The molecule has 0 aliphatic heterocycles. The van der Waals surface area contributed by atoms with E-state index < -0.39 is 32.1 Å². The van der Waals surface area contributed by atoms with E-state index >= 15 is 0 Å². The summed E-state index contributed by atoms with van der Waals surface area (Å²) < 4.78 is 60.2. The van der Waals surface area contributed by atoms with E-state index in [1.54, 1.807) is 55.1 Å². The van der Waals surface area contributed by atoms with Gasteiger partial charge in [-0.3, -0.25) is 14.7 Å². The molecule has 0 unspecified atom stereocenters. The van der Waals surface area contributed by atoms with Gasteiger partial charge in [0.05, 0.1) is 26.9 Å². The van der Waals surface area contributed by atoms with E-state index in [4.69, 9.17) is 0 Å². The zero-order chi connectivity index (χ0) is 45.2. The van der Waals surface area contributed by atoms with Crippen LogP contribution in [0.2, 0.25) is 0 Å². The molecular weight excluding hydrogens is 861 g/mol. The fourth-order valence-corrected chi connectivity index (χ4v) is 9.59. The zero-order valence-corrected chi connectivity index (χ0v) is 36.8. The van der Waals surface area contributed by atoms with Crippen LogP contribution in [0.4, 0.5) is 26.7 Å². The van der Waals surface area contributed by atoms with Crippen molar-refractivity contribution in [2.45, 2.75) is 55.1 Å². The number of anilines is 3. The summed E-state index contributed by atoms with van der Waals surface area (Å²) in [6, 6.07) is 39.6. The Hall–Kier alpha value is -7.40. The molecule has 5 aromatic carbocycles. The number of aryl methyl sites for hydroxylation is 1. The van der Waals surface area contributed by atoms with E-state index in [0.29, 0.717) is 16.8 Å². The average molecular weight is 907 g/mol. The fraction of sp³-hybridized carbons (Fsp3) is 0.143. The number of fused-ring (bicyclic) bond motifs is 1. The van der Waals surface area contributed by atoms with Gasteiger partial charge in [-0.05, 0) is 131 Å². The number of hydrazine groups is 1. The average Bonchev–Trinajstić information content (AvgIpc) is 3.35. The maximum absolute atomic E-state index is 14.4. The highest BCUT2D eigenvalue weighted by Crippen LogP contribution is 2.31. The van der Waals surface area contributed by atoms with Crippen molar-refractivity contribution in [1.29, 1.82) is 0 Å². The van der Waals surface area contributed by atoms with Gasteiger partial charge in [-0.15, -0.1) is 0 Å². The summed E-state index contributed by atoms with van der Waals surface area (Å²) in [6.07, 6.45) is 10.0. The van der Waals surface area contributed by atoms with E-state index in [9.17, 15) is 26.4 Å². The van der Waals surface area contributed by atoms with Crippen molar-refractivity contribution in [1.82, 2.24) is 25.3 Å². The van der Waals surface area contributed by atoms with Crippen LogP contribution in [0.5, 0.6) is 0 Å². The van der Waals surface area contributed by atoms with Gasteiger partial charge >= 0.3 is 12.1 Å². The zero-order valence-electron chi connectivity index (χ0n) is 35.2. The lowest BCUT2D eigenvalue weighted by Crippen LogP contribution is -2.57. The van der Waals surface area contributed by atoms with Crippen LogP contribution < -0.4 is 30.1 Å². The summed E-state index contributed by atoms with van der Waals surface area (Å²) in [5, 5.41) is 7.81. The number of carbonyl (C=O) groups excluding carboxylic acids is 2. The number of hydrogen-bond acceptors (Lipinski definition) is 8. The molecule has 16 heteroatoms. The third-order valence-electron chi connectivity index (χ3n) is 10.9. The van der Waals surface area contributed by atoms with Crippen LogP contribution in [0.1, 0.15) is 40.7 Å². The molecule has 4 N–H and O–H groups in total. The number of aromatic nitrogens is 2. The number of nitrogens with one attached hydrogen (secondary N) is 4. The maximum Gasteiger partial charge on any atom is 0.341 e. The van der Waals surface area contributed by atoms with Gasteiger partial charge < -0.3 is 10.6 Å². The van der Waals surface area contributed by atoms with Crippen molar-refractivity contribution in [2.75, 3.05) is 14.7 Å². The summed E-state index contributed by atoms with van der Waals surface area (Å²) in [6.45, 7) is 0.0920. The summed E-state index contributed by atoms with van der Waals surface area (Å²) in [4.78, 5) is 37.0. The molecule has 0 fully saturated rings. The molecule has 0 saturated carbocycles. The summed E-state index contributed by atoms with van der Waals surface area (Å²) in [5.74, 6) is 0. The Morgan fingerprint density at radius 2 is 1.05 bits per heavy atom. The van der Waals surface area contributed by atoms with Crippen LogP contribution in [-0.2, 0) is 52.5 Å². The molecular formula is C49H46N8O6S2. The Labute approximate surface area is 378 Å². The minimum absolute atomic E-state index is 0.0295. The highest BCUT2D eigenvalue weighted by Gasteiger charge is 2.31. The molecule has 330 valence electrons. The number of urea groups is 2. The normalized spacial score (nSPS) is 12.4. The van der Waals surface area contributed by atoms with Gasteiger partial charge in [-0.1, -0.05) is 78.9 Å². The summed E-state index contributed by atoms with van der Waals surface area (Å²) in [7, 11) is -8.12. The number of rotatable bonds is 14. The van der Waals surface area contributed by atoms with Gasteiger partial charge in [-0.25, -0.2) is 31.1 Å². The number of carbonyl (C=O) groups is 2. The van der Waals surface area contributed by atoms with Crippen molar-refractivity contribution in [3.05, 3.63) is 198 Å². The minimum Gasteiger partial charge on any atom is -0.332 e. The van der Waals surface area contributed by atoms with Gasteiger partial charge in [0, 0.05) is 44.4 Å². The third-order valence-corrected chi connectivity index (χ3v) is 13.7. The van der Waals surface area contributed by atoms with E-state index in [0.717, 1.165) is 63.5 Å². The molecule has 65 heavy (non-hydrogen) atoms. The molecule has 1 aliphatic carbocycles. The molecule has 4 amide bonds. The molecule has 1 aliphatic rings. The predicted octanol–water partition coefficient (Wildman–Crippen LogP) is 8.35. The monoisotopic (exact) mass is 906 g/mol. The number of sulfonamides is 2. The van der Waals surface area contributed by atoms with Crippen LogP contribution in [0, 0.1) is 0 Å². The van der Waals surface area contributed by atoms with E-state index in [-0.39, 0.29) is 40.8 Å². The quantitative estimate of drug-likeness (QED) is 0.0786. The number of hydrogen-bond donors (Lipinski definition) is 4. The molecule has 2 heterocycles. The second-order valence-corrected chi connectivity index (χ2v) is 18.7.